The van der Waals surface area contributed by atoms with E-state index in [1.165, 1.54) is 6.08 Å². The second kappa shape index (κ2) is 7.65. The van der Waals surface area contributed by atoms with Gasteiger partial charge in [0.25, 0.3) is 5.91 Å². The van der Waals surface area contributed by atoms with Crippen molar-refractivity contribution in [1.29, 1.82) is 0 Å². The Kier molecular flexibility index (Phi) is 5.86. The molecule has 118 valence electrons. The Morgan fingerprint density at radius 3 is 2.18 bits per heavy atom. The van der Waals surface area contributed by atoms with Gasteiger partial charge in [-0.05, 0) is 50.0 Å². The van der Waals surface area contributed by atoms with Crippen molar-refractivity contribution in [3.63, 3.8) is 0 Å². The maximum atomic E-state index is 12.2. The Hall–Kier alpha value is -1.52. The van der Waals surface area contributed by atoms with E-state index in [2.05, 4.69) is 17.2 Å². The summed E-state index contributed by atoms with van der Waals surface area (Å²) in [5.74, 6) is -0.305. The molecule has 1 aromatic carbocycles. The molecule has 1 aliphatic rings. The molecule has 1 fully saturated rings. The van der Waals surface area contributed by atoms with Crippen molar-refractivity contribution in [2.75, 3.05) is 0 Å². The predicted molar refractivity (Wildman–Crippen MR) is 88.3 cm³/mol. The quantitative estimate of drug-likeness (QED) is 0.826. The van der Waals surface area contributed by atoms with Crippen molar-refractivity contribution in [2.24, 2.45) is 0 Å². The van der Waals surface area contributed by atoms with E-state index in [4.69, 9.17) is 23.2 Å². The smallest absolute Gasteiger partial charge is 0.251 e. The molecular formula is C16H18Cl2N2O2. The first-order valence-electron chi connectivity index (χ1n) is 7.18. The molecule has 2 amide bonds. The van der Waals surface area contributed by atoms with Crippen LogP contribution < -0.4 is 10.6 Å². The van der Waals surface area contributed by atoms with E-state index < -0.39 is 0 Å². The molecule has 22 heavy (non-hydrogen) atoms. The molecule has 1 saturated carbocycles. The molecule has 0 unspecified atom stereocenters. The van der Waals surface area contributed by atoms with Gasteiger partial charge in [-0.15, -0.1) is 0 Å². The largest absolute Gasteiger partial charge is 0.350 e. The molecule has 0 spiro atoms. The molecule has 2 rings (SSSR count). The van der Waals surface area contributed by atoms with Crippen molar-refractivity contribution in [3.8, 4) is 0 Å². The molecule has 0 radical (unpaired) electrons. The topological polar surface area (TPSA) is 58.2 Å². The van der Waals surface area contributed by atoms with Gasteiger partial charge in [-0.2, -0.15) is 0 Å². The van der Waals surface area contributed by atoms with Crippen molar-refractivity contribution < 1.29 is 9.59 Å². The molecule has 0 heterocycles. The SMILES string of the molecule is C=CC(=O)N[C@H]1CC[C@H](NC(=O)c2ccc(Cl)c(Cl)c2)CC1. The highest BCUT2D eigenvalue weighted by atomic mass is 35.5. The third-order valence-corrected chi connectivity index (χ3v) is 4.51. The molecule has 4 nitrogen and oxygen atoms in total. The van der Waals surface area contributed by atoms with Crippen LogP contribution in [0, 0.1) is 0 Å². The first-order chi connectivity index (χ1) is 10.5. The fourth-order valence-corrected chi connectivity index (χ4v) is 2.85. The Labute approximate surface area is 139 Å². The highest BCUT2D eigenvalue weighted by Crippen LogP contribution is 2.23. The zero-order chi connectivity index (χ0) is 16.1. The van der Waals surface area contributed by atoms with Crippen LogP contribution in [0.2, 0.25) is 10.0 Å². The Morgan fingerprint density at radius 1 is 1.05 bits per heavy atom. The second-order valence-corrected chi connectivity index (χ2v) is 6.18. The van der Waals surface area contributed by atoms with Crippen molar-refractivity contribution in [3.05, 3.63) is 46.5 Å². The maximum absolute atomic E-state index is 12.2. The molecule has 0 aliphatic heterocycles. The molecule has 0 atom stereocenters. The highest BCUT2D eigenvalue weighted by Gasteiger charge is 2.23. The molecular weight excluding hydrogens is 323 g/mol. The van der Waals surface area contributed by atoms with Gasteiger partial charge in [0.05, 0.1) is 10.0 Å². The van der Waals surface area contributed by atoms with E-state index in [0.717, 1.165) is 25.7 Å². The van der Waals surface area contributed by atoms with E-state index in [1.807, 2.05) is 0 Å². The van der Waals surface area contributed by atoms with E-state index in [0.29, 0.717) is 15.6 Å². The van der Waals surface area contributed by atoms with Gasteiger partial charge in [-0.25, -0.2) is 0 Å². The lowest BCUT2D eigenvalue weighted by Gasteiger charge is -2.29. The van der Waals surface area contributed by atoms with E-state index in [1.54, 1.807) is 18.2 Å². The summed E-state index contributed by atoms with van der Waals surface area (Å²) in [5, 5.41) is 6.68. The zero-order valence-electron chi connectivity index (χ0n) is 12.1. The van der Waals surface area contributed by atoms with Crippen LogP contribution in [0.3, 0.4) is 0 Å². The highest BCUT2D eigenvalue weighted by molar-refractivity contribution is 6.42. The zero-order valence-corrected chi connectivity index (χ0v) is 13.6. The van der Waals surface area contributed by atoms with Crippen LogP contribution in [0.25, 0.3) is 0 Å². The van der Waals surface area contributed by atoms with Gasteiger partial charge in [0.2, 0.25) is 5.91 Å². The molecule has 0 aromatic heterocycles. The van der Waals surface area contributed by atoms with Crippen LogP contribution in [0.5, 0.6) is 0 Å². The Balaban J connectivity index is 1.85. The van der Waals surface area contributed by atoms with Crippen LogP contribution in [-0.2, 0) is 4.79 Å². The monoisotopic (exact) mass is 340 g/mol. The van der Waals surface area contributed by atoms with Crippen LogP contribution >= 0.6 is 23.2 Å². The summed E-state index contributed by atoms with van der Waals surface area (Å²) in [6.07, 6.45) is 4.61. The van der Waals surface area contributed by atoms with Crippen molar-refractivity contribution in [1.82, 2.24) is 10.6 Å². The maximum Gasteiger partial charge on any atom is 0.251 e. The van der Waals surface area contributed by atoms with Gasteiger partial charge < -0.3 is 10.6 Å². The van der Waals surface area contributed by atoms with Crippen molar-refractivity contribution >= 4 is 35.0 Å². The molecule has 2 N–H and O–H groups in total. The van der Waals surface area contributed by atoms with Crippen LogP contribution in [0.4, 0.5) is 0 Å². The van der Waals surface area contributed by atoms with Gasteiger partial charge in [-0.3, -0.25) is 9.59 Å². The van der Waals surface area contributed by atoms with Gasteiger partial charge in [0.1, 0.15) is 0 Å². The summed E-state index contributed by atoms with van der Waals surface area (Å²) in [6.45, 7) is 3.44. The number of amides is 2. The fraction of sp³-hybridized carbons (Fsp3) is 0.375. The van der Waals surface area contributed by atoms with E-state index in [9.17, 15) is 9.59 Å². The first-order valence-corrected chi connectivity index (χ1v) is 7.94. The summed E-state index contributed by atoms with van der Waals surface area (Å²) < 4.78 is 0. The lowest BCUT2D eigenvalue weighted by molar-refractivity contribution is -0.117. The van der Waals surface area contributed by atoms with Gasteiger partial charge in [0, 0.05) is 17.6 Å². The number of rotatable bonds is 4. The third-order valence-electron chi connectivity index (χ3n) is 3.78. The average molecular weight is 341 g/mol. The van der Waals surface area contributed by atoms with Gasteiger partial charge in [-0.1, -0.05) is 29.8 Å². The number of carbonyl (C=O) groups excluding carboxylic acids is 2. The summed E-state index contributed by atoms with van der Waals surface area (Å²) >= 11 is 11.8. The van der Waals surface area contributed by atoms with Gasteiger partial charge in [0.15, 0.2) is 0 Å². The summed E-state index contributed by atoms with van der Waals surface area (Å²) in [6, 6.07) is 5.09. The minimum absolute atomic E-state index is 0.110. The lowest BCUT2D eigenvalue weighted by Crippen LogP contribution is -2.43. The summed E-state index contributed by atoms with van der Waals surface area (Å²) in [4.78, 5) is 23.4. The summed E-state index contributed by atoms with van der Waals surface area (Å²) in [5.41, 5.74) is 0.497. The number of carbonyl (C=O) groups is 2. The van der Waals surface area contributed by atoms with E-state index >= 15 is 0 Å². The van der Waals surface area contributed by atoms with Crippen LogP contribution in [0.15, 0.2) is 30.9 Å². The van der Waals surface area contributed by atoms with Crippen molar-refractivity contribution in [2.45, 2.75) is 37.8 Å². The number of hydrogen-bond donors (Lipinski definition) is 2. The minimum Gasteiger partial charge on any atom is -0.350 e. The predicted octanol–water partition coefficient (Wildman–Crippen LogP) is 3.34. The van der Waals surface area contributed by atoms with E-state index in [-0.39, 0.29) is 23.9 Å². The normalized spacial score (nSPS) is 21.0. The number of halogens is 2. The number of hydrogen-bond acceptors (Lipinski definition) is 2. The summed E-state index contributed by atoms with van der Waals surface area (Å²) in [7, 11) is 0. The standard InChI is InChI=1S/C16H18Cl2N2O2/c1-2-15(21)19-11-4-6-12(7-5-11)20-16(22)10-3-8-13(17)14(18)9-10/h2-3,8-9,11-12H,1,4-7H2,(H,19,21)(H,20,22)/t11-,12-. The molecule has 0 saturated heterocycles. The number of benzene rings is 1. The number of nitrogens with one attached hydrogen (secondary N) is 2. The third kappa shape index (κ3) is 4.49. The van der Waals surface area contributed by atoms with Gasteiger partial charge >= 0.3 is 0 Å². The Morgan fingerprint density at radius 2 is 1.64 bits per heavy atom. The second-order valence-electron chi connectivity index (χ2n) is 5.36. The molecule has 6 heteroatoms. The Bertz CT molecular complexity index is 582. The molecule has 1 aromatic rings. The van der Waals surface area contributed by atoms with Crippen LogP contribution in [-0.4, -0.2) is 23.9 Å². The van der Waals surface area contributed by atoms with Crippen LogP contribution in [0.1, 0.15) is 36.0 Å². The first kappa shape index (κ1) is 16.8. The molecule has 1 aliphatic carbocycles. The average Bonchev–Trinajstić information content (AvgIpc) is 2.51. The molecule has 0 bridgehead atoms. The fourth-order valence-electron chi connectivity index (χ4n) is 2.55. The minimum atomic E-state index is -0.155. The lowest BCUT2D eigenvalue weighted by atomic mass is 9.91.